The van der Waals surface area contributed by atoms with E-state index in [0.717, 1.165) is 10.6 Å². The molecule has 7 nitrogen and oxygen atoms in total. The Hall–Kier alpha value is -3.00. The first-order chi connectivity index (χ1) is 12.0. The van der Waals surface area contributed by atoms with Crippen molar-refractivity contribution in [2.24, 2.45) is 0 Å². The lowest BCUT2D eigenvalue weighted by Crippen LogP contribution is -2.44. The minimum atomic E-state index is -0.641. The summed E-state index contributed by atoms with van der Waals surface area (Å²) in [7, 11) is 0. The number of amides is 3. The van der Waals surface area contributed by atoms with Crippen molar-refractivity contribution < 1.29 is 19.5 Å². The largest absolute Gasteiger partial charge is 0.507 e. The second-order valence-corrected chi connectivity index (χ2v) is 6.56. The van der Waals surface area contributed by atoms with E-state index < -0.39 is 17.1 Å². The third-order valence-corrected chi connectivity index (χ3v) is 4.82. The van der Waals surface area contributed by atoms with Gasteiger partial charge in [0.05, 0.1) is 16.5 Å². The van der Waals surface area contributed by atoms with Gasteiger partial charge in [0, 0.05) is 11.3 Å². The third-order valence-electron chi connectivity index (χ3n) is 3.54. The van der Waals surface area contributed by atoms with Crippen LogP contribution in [0.25, 0.3) is 0 Å². The van der Waals surface area contributed by atoms with Gasteiger partial charge in [0.15, 0.2) is 0 Å². The van der Waals surface area contributed by atoms with Gasteiger partial charge in [-0.15, -0.1) is 11.8 Å². The number of hydrazine groups is 1. The predicted octanol–water partition coefficient (Wildman–Crippen LogP) is 1.66. The Kier molecular flexibility index (Phi) is 4.90. The number of hydrogen-bond acceptors (Lipinski definition) is 5. The molecule has 0 bridgehead atoms. The first-order valence-corrected chi connectivity index (χ1v) is 8.36. The van der Waals surface area contributed by atoms with Gasteiger partial charge in [-0.2, -0.15) is 0 Å². The summed E-state index contributed by atoms with van der Waals surface area (Å²) in [4.78, 5) is 36.9. The second kappa shape index (κ2) is 7.27. The Bertz CT molecular complexity index is 840. The van der Waals surface area contributed by atoms with Crippen LogP contribution in [0.2, 0.25) is 0 Å². The minimum absolute atomic E-state index is 0.0431. The zero-order valence-corrected chi connectivity index (χ0v) is 13.8. The molecule has 1 aliphatic rings. The van der Waals surface area contributed by atoms with Crippen LogP contribution < -0.4 is 16.2 Å². The molecule has 0 saturated heterocycles. The van der Waals surface area contributed by atoms with Crippen molar-refractivity contribution in [2.75, 3.05) is 5.32 Å². The van der Waals surface area contributed by atoms with Crippen molar-refractivity contribution in [3.05, 3.63) is 54.1 Å². The van der Waals surface area contributed by atoms with Crippen molar-refractivity contribution in [1.29, 1.82) is 0 Å². The van der Waals surface area contributed by atoms with Crippen LogP contribution in [0.1, 0.15) is 16.8 Å². The Morgan fingerprint density at radius 2 is 1.80 bits per heavy atom. The normalized spacial score (nSPS) is 15.7. The highest BCUT2D eigenvalue weighted by Gasteiger charge is 2.28. The SMILES string of the molecule is O=C(CC1Sc2ccccc2NC1=O)NNC(=O)c1ccccc1O. The van der Waals surface area contributed by atoms with Crippen LogP contribution in [-0.2, 0) is 9.59 Å². The number of phenolic OH excluding ortho intramolecular Hbond substituents is 1. The number of phenols is 1. The molecule has 0 spiro atoms. The first-order valence-electron chi connectivity index (χ1n) is 7.48. The van der Waals surface area contributed by atoms with Crippen molar-refractivity contribution in [1.82, 2.24) is 10.9 Å². The van der Waals surface area contributed by atoms with Crippen molar-refractivity contribution in [3.63, 3.8) is 0 Å². The molecule has 0 radical (unpaired) electrons. The number of para-hydroxylation sites is 2. The molecule has 2 aromatic rings. The molecular formula is C17H15N3O4S. The molecule has 1 heterocycles. The van der Waals surface area contributed by atoms with E-state index in [1.54, 1.807) is 18.2 Å². The lowest BCUT2D eigenvalue weighted by molar-refractivity contribution is -0.124. The molecule has 3 amide bonds. The molecule has 4 N–H and O–H groups in total. The molecule has 25 heavy (non-hydrogen) atoms. The molecule has 1 unspecified atom stereocenters. The number of hydrogen-bond donors (Lipinski definition) is 4. The second-order valence-electron chi connectivity index (χ2n) is 5.32. The monoisotopic (exact) mass is 357 g/mol. The minimum Gasteiger partial charge on any atom is -0.507 e. The Labute approximate surface area is 147 Å². The van der Waals surface area contributed by atoms with E-state index in [0.29, 0.717) is 0 Å². The standard InChI is InChI=1S/C17H15N3O4S/c21-12-7-3-1-5-10(12)16(23)20-19-15(22)9-14-17(24)18-11-6-2-4-8-13(11)25-14/h1-8,14,21H,9H2,(H,18,24)(H,19,22)(H,20,23). The average molecular weight is 357 g/mol. The van der Waals surface area contributed by atoms with E-state index in [1.807, 2.05) is 18.2 Å². The zero-order valence-electron chi connectivity index (χ0n) is 13.0. The van der Waals surface area contributed by atoms with E-state index in [2.05, 4.69) is 16.2 Å². The van der Waals surface area contributed by atoms with Gasteiger partial charge in [0.25, 0.3) is 5.91 Å². The number of carbonyl (C=O) groups is 3. The molecule has 0 saturated carbocycles. The number of nitrogens with one attached hydrogen (secondary N) is 3. The highest BCUT2D eigenvalue weighted by molar-refractivity contribution is 8.01. The number of aromatic hydroxyl groups is 1. The summed E-state index contributed by atoms with van der Waals surface area (Å²) in [5.74, 6) is -1.59. The lowest BCUT2D eigenvalue weighted by atomic mass is 10.2. The van der Waals surface area contributed by atoms with Crippen LogP contribution in [0.5, 0.6) is 5.75 Å². The van der Waals surface area contributed by atoms with E-state index in [4.69, 9.17) is 0 Å². The number of rotatable bonds is 3. The number of fused-ring (bicyclic) bond motifs is 1. The fraction of sp³-hybridized carbons (Fsp3) is 0.118. The summed E-state index contributed by atoms with van der Waals surface area (Å²) in [5.41, 5.74) is 5.25. The van der Waals surface area contributed by atoms with E-state index in [1.165, 1.54) is 23.9 Å². The van der Waals surface area contributed by atoms with Gasteiger partial charge in [0.2, 0.25) is 11.8 Å². The molecule has 8 heteroatoms. The molecular weight excluding hydrogens is 342 g/mol. The smallest absolute Gasteiger partial charge is 0.273 e. The van der Waals surface area contributed by atoms with E-state index >= 15 is 0 Å². The highest BCUT2D eigenvalue weighted by atomic mass is 32.2. The summed E-state index contributed by atoms with van der Waals surface area (Å²) in [6.07, 6.45) is -0.0914. The summed E-state index contributed by atoms with van der Waals surface area (Å²) in [6, 6.07) is 13.3. The maximum Gasteiger partial charge on any atom is 0.273 e. The van der Waals surface area contributed by atoms with Crippen LogP contribution >= 0.6 is 11.8 Å². The maximum absolute atomic E-state index is 12.1. The topological polar surface area (TPSA) is 108 Å². The fourth-order valence-corrected chi connectivity index (χ4v) is 3.42. The maximum atomic E-state index is 12.1. The number of anilines is 1. The molecule has 1 aliphatic heterocycles. The predicted molar refractivity (Wildman–Crippen MR) is 93.0 cm³/mol. The summed E-state index contributed by atoms with van der Waals surface area (Å²) in [6.45, 7) is 0. The fourth-order valence-electron chi connectivity index (χ4n) is 2.31. The van der Waals surface area contributed by atoms with Gasteiger partial charge in [-0.1, -0.05) is 24.3 Å². The third kappa shape index (κ3) is 3.92. The molecule has 128 valence electrons. The van der Waals surface area contributed by atoms with Crippen LogP contribution in [0.4, 0.5) is 5.69 Å². The quantitative estimate of drug-likeness (QED) is 0.625. The number of benzene rings is 2. The van der Waals surface area contributed by atoms with Crippen molar-refractivity contribution in [3.8, 4) is 5.75 Å². The van der Waals surface area contributed by atoms with Gasteiger partial charge < -0.3 is 10.4 Å². The van der Waals surface area contributed by atoms with Gasteiger partial charge in [-0.3, -0.25) is 25.2 Å². The van der Waals surface area contributed by atoms with Gasteiger partial charge in [0.1, 0.15) is 5.75 Å². The molecule has 0 aliphatic carbocycles. The molecule has 3 rings (SSSR count). The van der Waals surface area contributed by atoms with Gasteiger partial charge in [-0.25, -0.2) is 0 Å². The molecule has 2 aromatic carbocycles. The zero-order chi connectivity index (χ0) is 17.8. The molecule has 1 atom stereocenters. The lowest BCUT2D eigenvalue weighted by Gasteiger charge is -2.23. The summed E-state index contributed by atoms with van der Waals surface area (Å²) >= 11 is 1.30. The number of carbonyl (C=O) groups excluding carboxylic acids is 3. The van der Waals surface area contributed by atoms with Crippen molar-refractivity contribution in [2.45, 2.75) is 16.6 Å². The van der Waals surface area contributed by atoms with Crippen molar-refractivity contribution >= 4 is 35.2 Å². The average Bonchev–Trinajstić information content (AvgIpc) is 2.61. The number of thioether (sulfide) groups is 1. The first kappa shape index (κ1) is 16.8. The summed E-state index contributed by atoms with van der Waals surface area (Å²) < 4.78 is 0. The van der Waals surface area contributed by atoms with Gasteiger partial charge in [-0.05, 0) is 24.3 Å². The van der Waals surface area contributed by atoms with Crippen LogP contribution in [-0.4, -0.2) is 28.1 Å². The molecule has 0 aromatic heterocycles. The Balaban J connectivity index is 1.56. The highest BCUT2D eigenvalue weighted by Crippen LogP contribution is 2.36. The molecule has 0 fully saturated rings. The summed E-state index contributed by atoms with van der Waals surface area (Å²) in [5, 5.41) is 11.8. The van der Waals surface area contributed by atoms with Crippen LogP contribution in [0.3, 0.4) is 0 Å². The van der Waals surface area contributed by atoms with E-state index in [-0.39, 0.29) is 23.6 Å². The van der Waals surface area contributed by atoms with E-state index in [9.17, 15) is 19.5 Å². The van der Waals surface area contributed by atoms with Crippen LogP contribution in [0.15, 0.2) is 53.4 Å². The van der Waals surface area contributed by atoms with Crippen LogP contribution in [0, 0.1) is 0 Å². The Morgan fingerprint density at radius 3 is 2.60 bits per heavy atom. The Morgan fingerprint density at radius 1 is 1.08 bits per heavy atom. The van der Waals surface area contributed by atoms with Gasteiger partial charge >= 0.3 is 0 Å².